The van der Waals surface area contributed by atoms with E-state index in [1.807, 2.05) is 0 Å². The number of rotatable bonds is 4. The molecule has 7 heteroatoms. The summed E-state index contributed by atoms with van der Waals surface area (Å²) < 4.78 is 26.9. The molecule has 1 aromatic heterocycles. The van der Waals surface area contributed by atoms with E-state index in [0.717, 1.165) is 12.3 Å². The lowest BCUT2D eigenvalue weighted by molar-refractivity contribution is 0.457. The molecule has 0 aromatic carbocycles. The van der Waals surface area contributed by atoms with E-state index in [9.17, 15) is 13.2 Å². The molecule has 0 amide bonds. The molecule has 5 nitrogen and oxygen atoms in total. The van der Waals surface area contributed by atoms with Crippen LogP contribution in [0.2, 0.25) is 5.02 Å². The summed E-state index contributed by atoms with van der Waals surface area (Å²) in [6.45, 7) is 8.89. The van der Waals surface area contributed by atoms with Crippen LogP contribution in [-0.2, 0) is 10.0 Å². The number of nitrogens with one attached hydrogen (secondary N) is 2. The van der Waals surface area contributed by atoms with Crippen molar-refractivity contribution in [2.75, 3.05) is 6.54 Å². The molecule has 0 aliphatic heterocycles. The van der Waals surface area contributed by atoms with Gasteiger partial charge in [0.25, 0.3) is 5.56 Å². The van der Waals surface area contributed by atoms with E-state index in [-0.39, 0.29) is 26.7 Å². The van der Waals surface area contributed by atoms with Gasteiger partial charge >= 0.3 is 0 Å². The van der Waals surface area contributed by atoms with Gasteiger partial charge in [-0.25, -0.2) is 13.1 Å². The molecular formula is C13H19ClN2O3S. The molecule has 0 saturated heterocycles. The molecule has 2 rings (SSSR count). The molecule has 1 aliphatic carbocycles. The van der Waals surface area contributed by atoms with Crippen molar-refractivity contribution in [1.82, 2.24) is 9.71 Å². The van der Waals surface area contributed by atoms with Gasteiger partial charge in [0.15, 0.2) is 0 Å². The molecule has 1 aromatic rings. The molecule has 1 saturated carbocycles. The van der Waals surface area contributed by atoms with Crippen molar-refractivity contribution in [3.63, 3.8) is 0 Å². The fourth-order valence-electron chi connectivity index (χ4n) is 2.71. The van der Waals surface area contributed by atoms with Crippen LogP contribution in [0.4, 0.5) is 0 Å². The van der Waals surface area contributed by atoms with E-state index < -0.39 is 15.6 Å². The molecule has 0 spiro atoms. The van der Waals surface area contributed by atoms with Crippen molar-refractivity contribution >= 4 is 21.6 Å². The predicted molar refractivity (Wildman–Crippen MR) is 78.3 cm³/mol. The summed E-state index contributed by atoms with van der Waals surface area (Å²) in [5.74, 6) is 0.281. The maximum atomic E-state index is 12.2. The number of sulfonamides is 1. The van der Waals surface area contributed by atoms with E-state index in [4.69, 9.17) is 11.6 Å². The van der Waals surface area contributed by atoms with Crippen molar-refractivity contribution in [2.24, 2.45) is 16.7 Å². The maximum Gasteiger partial charge on any atom is 0.266 e. The normalized spacial score (nSPS) is 20.9. The summed E-state index contributed by atoms with van der Waals surface area (Å²) in [4.78, 5) is 13.4. The number of hydrogen-bond donors (Lipinski definition) is 2. The van der Waals surface area contributed by atoms with E-state index in [1.54, 1.807) is 0 Å². The van der Waals surface area contributed by atoms with Crippen molar-refractivity contribution in [2.45, 2.75) is 32.6 Å². The van der Waals surface area contributed by atoms with Crippen LogP contribution in [0.25, 0.3) is 0 Å². The van der Waals surface area contributed by atoms with Crippen molar-refractivity contribution in [3.05, 3.63) is 27.6 Å². The van der Waals surface area contributed by atoms with Gasteiger partial charge in [-0.1, -0.05) is 39.3 Å². The van der Waals surface area contributed by atoms with Gasteiger partial charge in [-0.05, 0) is 22.8 Å². The van der Waals surface area contributed by atoms with Gasteiger partial charge in [0, 0.05) is 12.7 Å². The minimum absolute atomic E-state index is 0.0293. The van der Waals surface area contributed by atoms with Gasteiger partial charge in [0.1, 0.15) is 5.02 Å². The summed E-state index contributed by atoms with van der Waals surface area (Å²) in [5, 5.41) is -0.139. The molecule has 2 N–H and O–H groups in total. The summed E-state index contributed by atoms with van der Waals surface area (Å²) in [6, 6.07) is 1.16. The predicted octanol–water partition coefficient (Wildman–Crippen LogP) is 1.99. The van der Waals surface area contributed by atoms with Crippen LogP contribution in [0, 0.1) is 16.7 Å². The largest absolute Gasteiger partial charge is 0.326 e. The Balaban J connectivity index is 2.13. The van der Waals surface area contributed by atoms with Gasteiger partial charge in [-0.15, -0.1) is 0 Å². The van der Waals surface area contributed by atoms with Crippen LogP contribution in [0.15, 0.2) is 22.0 Å². The Bertz CT molecular complexity index is 678. The van der Waals surface area contributed by atoms with E-state index in [1.165, 1.54) is 0 Å². The number of aromatic amines is 1. The summed E-state index contributed by atoms with van der Waals surface area (Å²) in [7, 11) is -3.66. The van der Waals surface area contributed by atoms with E-state index in [2.05, 4.69) is 37.4 Å². The van der Waals surface area contributed by atoms with Gasteiger partial charge in [0.2, 0.25) is 10.0 Å². The third kappa shape index (κ3) is 2.40. The Hall–Kier alpha value is -0.850. The Morgan fingerprint density at radius 1 is 1.30 bits per heavy atom. The molecule has 0 unspecified atom stereocenters. The number of aromatic nitrogens is 1. The molecule has 0 atom stereocenters. The third-order valence-corrected chi connectivity index (χ3v) is 6.62. The van der Waals surface area contributed by atoms with Crippen LogP contribution in [0.5, 0.6) is 0 Å². The lowest BCUT2D eigenvalue weighted by Gasteiger charge is -2.07. The number of pyridine rings is 1. The fraction of sp³-hybridized carbons (Fsp3) is 0.615. The molecule has 1 fully saturated rings. The molecule has 112 valence electrons. The molecule has 1 heterocycles. The first-order valence-electron chi connectivity index (χ1n) is 6.38. The highest BCUT2D eigenvalue weighted by molar-refractivity contribution is 7.89. The molecule has 20 heavy (non-hydrogen) atoms. The number of halogens is 1. The maximum absolute atomic E-state index is 12.2. The Morgan fingerprint density at radius 3 is 2.30 bits per heavy atom. The minimum atomic E-state index is -3.66. The van der Waals surface area contributed by atoms with E-state index in [0.29, 0.717) is 6.54 Å². The van der Waals surface area contributed by atoms with Crippen LogP contribution in [0.1, 0.15) is 27.7 Å². The van der Waals surface area contributed by atoms with Crippen molar-refractivity contribution in [3.8, 4) is 0 Å². The zero-order valence-corrected chi connectivity index (χ0v) is 13.5. The fourth-order valence-corrected chi connectivity index (χ4v) is 3.99. The number of H-pyrrole nitrogens is 1. The highest BCUT2D eigenvalue weighted by Gasteiger charge is 2.64. The first-order valence-corrected chi connectivity index (χ1v) is 8.24. The highest BCUT2D eigenvalue weighted by atomic mass is 35.5. The average Bonchev–Trinajstić information content (AvgIpc) is 2.70. The highest BCUT2D eigenvalue weighted by Crippen LogP contribution is 2.67. The monoisotopic (exact) mass is 318 g/mol. The van der Waals surface area contributed by atoms with Crippen molar-refractivity contribution < 1.29 is 8.42 Å². The minimum Gasteiger partial charge on any atom is -0.326 e. The Labute approximate surface area is 123 Å². The summed E-state index contributed by atoms with van der Waals surface area (Å²) in [5.41, 5.74) is -0.286. The number of hydrogen-bond acceptors (Lipinski definition) is 3. The van der Waals surface area contributed by atoms with Crippen LogP contribution in [0.3, 0.4) is 0 Å². The molecule has 0 radical (unpaired) electrons. The Morgan fingerprint density at radius 2 is 1.85 bits per heavy atom. The zero-order valence-electron chi connectivity index (χ0n) is 12.0. The molecule has 0 bridgehead atoms. The molecule has 1 aliphatic rings. The second-order valence-electron chi connectivity index (χ2n) is 6.36. The van der Waals surface area contributed by atoms with Crippen LogP contribution < -0.4 is 10.3 Å². The lowest BCUT2D eigenvalue weighted by atomic mass is 10.0. The quantitative estimate of drug-likeness (QED) is 0.891. The van der Waals surface area contributed by atoms with Gasteiger partial charge in [-0.3, -0.25) is 4.79 Å². The van der Waals surface area contributed by atoms with E-state index >= 15 is 0 Å². The van der Waals surface area contributed by atoms with Crippen LogP contribution >= 0.6 is 11.6 Å². The topological polar surface area (TPSA) is 79.0 Å². The van der Waals surface area contributed by atoms with Crippen LogP contribution in [-0.4, -0.2) is 19.9 Å². The summed E-state index contributed by atoms with van der Waals surface area (Å²) >= 11 is 5.65. The van der Waals surface area contributed by atoms with Gasteiger partial charge < -0.3 is 4.98 Å². The smallest absolute Gasteiger partial charge is 0.266 e. The molecular weight excluding hydrogens is 300 g/mol. The third-order valence-electron chi connectivity index (χ3n) is 4.94. The SMILES string of the molecule is CC1(C)C(CNS(=O)(=O)c2c[nH]c(=O)c(Cl)c2)C1(C)C. The summed E-state index contributed by atoms with van der Waals surface area (Å²) in [6.07, 6.45) is 1.15. The van der Waals surface area contributed by atoms with Crippen molar-refractivity contribution in [1.29, 1.82) is 0 Å². The first-order chi connectivity index (χ1) is 9.00. The Kier molecular flexibility index (Phi) is 3.56. The first kappa shape index (κ1) is 15.5. The standard InChI is InChI=1S/C13H19ClN2O3S/c1-12(2)10(13(12,3)4)7-16-20(18,19)8-5-9(14)11(17)15-6-8/h5-6,10,16H,7H2,1-4H3,(H,15,17). The zero-order chi connectivity index (χ0) is 15.3. The second-order valence-corrected chi connectivity index (χ2v) is 8.53. The second kappa shape index (κ2) is 4.58. The average molecular weight is 319 g/mol. The van der Waals surface area contributed by atoms with Gasteiger partial charge in [-0.2, -0.15) is 0 Å². The van der Waals surface area contributed by atoms with Gasteiger partial charge in [0.05, 0.1) is 4.90 Å². The lowest BCUT2D eigenvalue weighted by Crippen LogP contribution is -2.28.